The maximum Gasteiger partial charge on any atom is 0.363 e. The average molecular weight is 327 g/mol. The van der Waals surface area contributed by atoms with Crippen LogP contribution in [-0.2, 0) is 16.0 Å². The Morgan fingerprint density at radius 1 is 1.50 bits per heavy atom. The van der Waals surface area contributed by atoms with Gasteiger partial charge in [-0.05, 0) is 24.5 Å². The summed E-state index contributed by atoms with van der Waals surface area (Å²) in [6.07, 6.45) is 8.32. The van der Waals surface area contributed by atoms with Crippen LogP contribution in [-0.4, -0.2) is 31.9 Å². The quantitative estimate of drug-likeness (QED) is 0.359. The lowest BCUT2D eigenvalue weighted by Gasteiger charge is -2.26. The van der Waals surface area contributed by atoms with Crippen molar-refractivity contribution >= 4 is 19.4 Å². The fourth-order valence-corrected chi connectivity index (χ4v) is 2.55. The first-order chi connectivity index (χ1) is 11.7. The van der Waals surface area contributed by atoms with E-state index in [1.807, 2.05) is 13.0 Å². The van der Waals surface area contributed by atoms with Crippen molar-refractivity contribution in [2.24, 2.45) is 0 Å². The molecule has 1 aliphatic rings. The Bertz CT molecular complexity index is 638. The maximum atomic E-state index is 12.2. The Labute approximate surface area is 143 Å². The third-order valence-electron chi connectivity index (χ3n) is 3.80. The zero-order valence-electron chi connectivity index (χ0n) is 14.0. The standard InChI is InChI=1S/C18H22BNO4/c1-3-5-10-16(21)20-15-12-13-8-7-9-14(17(13)24-19-15)18(22)23-11-6-4-2/h1,7-9,15,19H,4-6,10-12H2,2H3,(H,20,21). The average Bonchev–Trinajstić information content (AvgIpc) is 2.59. The van der Waals surface area contributed by atoms with Crippen molar-refractivity contribution in [1.29, 1.82) is 0 Å². The third-order valence-corrected chi connectivity index (χ3v) is 3.80. The summed E-state index contributed by atoms with van der Waals surface area (Å²) in [7, 11) is 0.327. The zero-order valence-corrected chi connectivity index (χ0v) is 14.0. The number of hydrogen-bond donors (Lipinski definition) is 1. The highest BCUT2D eigenvalue weighted by atomic mass is 16.5. The number of terminal acetylenes is 1. The Hall–Kier alpha value is -2.42. The summed E-state index contributed by atoms with van der Waals surface area (Å²) in [5.74, 6) is 2.45. The molecule has 0 saturated heterocycles. The van der Waals surface area contributed by atoms with E-state index in [9.17, 15) is 9.59 Å². The van der Waals surface area contributed by atoms with Gasteiger partial charge in [0.1, 0.15) is 11.3 Å². The number of carbonyl (C=O) groups is 2. The molecule has 0 fully saturated rings. The third kappa shape index (κ3) is 4.79. The fourth-order valence-electron chi connectivity index (χ4n) is 2.55. The van der Waals surface area contributed by atoms with Gasteiger partial charge in [0.2, 0.25) is 5.91 Å². The maximum absolute atomic E-state index is 12.2. The van der Waals surface area contributed by atoms with E-state index in [0.29, 0.717) is 44.7 Å². The van der Waals surface area contributed by atoms with Gasteiger partial charge < -0.3 is 14.7 Å². The first-order valence-corrected chi connectivity index (χ1v) is 8.30. The monoisotopic (exact) mass is 327 g/mol. The van der Waals surface area contributed by atoms with Crippen molar-refractivity contribution in [2.45, 2.75) is 45.0 Å². The molecule has 24 heavy (non-hydrogen) atoms. The summed E-state index contributed by atoms with van der Waals surface area (Å²) < 4.78 is 11.0. The molecule has 1 aliphatic heterocycles. The minimum Gasteiger partial charge on any atom is -0.561 e. The molecule has 0 saturated carbocycles. The molecule has 0 aliphatic carbocycles. The highest BCUT2D eigenvalue weighted by Gasteiger charge is 2.27. The van der Waals surface area contributed by atoms with Gasteiger partial charge in [-0.2, -0.15) is 0 Å². The summed E-state index contributed by atoms with van der Waals surface area (Å²) in [5, 5.41) is 2.91. The van der Waals surface area contributed by atoms with E-state index in [4.69, 9.17) is 15.8 Å². The topological polar surface area (TPSA) is 64.6 Å². The van der Waals surface area contributed by atoms with Crippen LogP contribution in [0.2, 0.25) is 0 Å². The van der Waals surface area contributed by atoms with Crippen LogP contribution < -0.4 is 9.97 Å². The molecule has 126 valence electrons. The molecule has 1 atom stereocenters. The van der Waals surface area contributed by atoms with Crippen LogP contribution in [0.5, 0.6) is 5.75 Å². The number of fused-ring (bicyclic) bond motifs is 1. The molecule has 1 unspecified atom stereocenters. The summed E-state index contributed by atoms with van der Waals surface area (Å²) in [6.45, 7) is 2.45. The molecular formula is C18H22BNO4. The van der Waals surface area contributed by atoms with Gasteiger partial charge in [0.05, 0.1) is 6.61 Å². The van der Waals surface area contributed by atoms with Crippen LogP contribution >= 0.6 is 0 Å². The molecule has 5 nitrogen and oxygen atoms in total. The largest absolute Gasteiger partial charge is 0.561 e. The molecule has 1 aromatic rings. The zero-order chi connectivity index (χ0) is 17.4. The number of benzene rings is 1. The molecular weight excluding hydrogens is 305 g/mol. The lowest BCUT2D eigenvalue weighted by atomic mass is 9.79. The number of carbonyl (C=O) groups excluding carboxylic acids is 2. The van der Waals surface area contributed by atoms with E-state index in [1.165, 1.54) is 0 Å². The molecule has 1 amide bonds. The Morgan fingerprint density at radius 2 is 2.33 bits per heavy atom. The number of hydrogen-bond acceptors (Lipinski definition) is 4. The molecule has 1 aromatic carbocycles. The summed E-state index contributed by atoms with van der Waals surface area (Å²) in [6, 6.07) is 5.41. The number of nitrogens with one attached hydrogen (secondary N) is 1. The van der Waals surface area contributed by atoms with E-state index >= 15 is 0 Å². The van der Waals surface area contributed by atoms with E-state index in [2.05, 4.69) is 11.2 Å². The van der Waals surface area contributed by atoms with Gasteiger partial charge in [-0.3, -0.25) is 4.79 Å². The highest BCUT2D eigenvalue weighted by Crippen LogP contribution is 2.29. The predicted octanol–water partition coefficient (Wildman–Crippen LogP) is 1.79. The highest BCUT2D eigenvalue weighted by molar-refractivity contribution is 6.32. The van der Waals surface area contributed by atoms with Crippen LogP contribution in [0.1, 0.15) is 48.5 Å². The first kappa shape index (κ1) is 17.9. The van der Waals surface area contributed by atoms with Crippen LogP contribution in [0.3, 0.4) is 0 Å². The van der Waals surface area contributed by atoms with Gasteiger partial charge in [-0.15, -0.1) is 12.3 Å². The number of para-hydroxylation sites is 1. The van der Waals surface area contributed by atoms with Crippen LogP contribution in [0.15, 0.2) is 18.2 Å². The number of rotatable bonds is 7. The summed E-state index contributed by atoms with van der Waals surface area (Å²) in [4.78, 5) is 23.9. The summed E-state index contributed by atoms with van der Waals surface area (Å²) >= 11 is 0. The van der Waals surface area contributed by atoms with Gasteiger partial charge in [0.25, 0.3) is 0 Å². The smallest absolute Gasteiger partial charge is 0.363 e. The van der Waals surface area contributed by atoms with E-state index in [1.54, 1.807) is 12.1 Å². The molecule has 0 radical (unpaired) electrons. The number of ether oxygens (including phenoxy) is 1. The van der Waals surface area contributed by atoms with Crippen LogP contribution in [0.25, 0.3) is 0 Å². The second-order valence-corrected chi connectivity index (χ2v) is 5.77. The minimum atomic E-state index is -0.364. The van der Waals surface area contributed by atoms with E-state index < -0.39 is 0 Å². The van der Waals surface area contributed by atoms with Gasteiger partial charge in [-0.1, -0.05) is 25.5 Å². The molecule has 1 N–H and O–H groups in total. The van der Waals surface area contributed by atoms with Crippen LogP contribution in [0.4, 0.5) is 0 Å². The number of esters is 1. The number of unbranched alkanes of at least 4 members (excludes halogenated alkanes) is 1. The van der Waals surface area contributed by atoms with E-state index in [0.717, 1.165) is 18.4 Å². The molecule has 0 aromatic heterocycles. The van der Waals surface area contributed by atoms with E-state index in [-0.39, 0.29) is 17.8 Å². The van der Waals surface area contributed by atoms with Gasteiger partial charge in [-0.25, -0.2) is 4.79 Å². The normalized spacial score (nSPS) is 15.2. The van der Waals surface area contributed by atoms with Crippen molar-refractivity contribution in [3.05, 3.63) is 29.3 Å². The molecule has 0 bridgehead atoms. The second kappa shape index (κ2) is 9.02. The van der Waals surface area contributed by atoms with Crippen molar-refractivity contribution < 1.29 is 19.0 Å². The Morgan fingerprint density at radius 3 is 3.08 bits per heavy atom. The lowest BCUT2D eigenvalue weighted by molar-refractivity contribution is -0.121. The molecule has 2 rings (SSSR count). The van der Waals surface area contributed by atoms with Crippen molar-refractivity contribution in [3.63, 3.8) is 0 Å². The lowest BCUT2D eigenvalue weighted by Crippen LogP contribution is -2.45. The van der Waals surface area contributed by atoms with Gasteiger partial charge in [0, 0.05) is 18.8 Å². The Balaban J connectivity index is 2.00. The van der Waals surface area contributed by atoms with Crippen molar-refractivity contribution in [3.8, 4) is 18.1 Å². The predicted molar refractivity (Wildman–Crippen MR) is 93.1 cm³/mol. The Kier molecular flexibility index (Phi) is 6.74. The molecule has 1 heterocycles. The minimum absolute atomic E-state index is 0.0832. The molecule has 0 spiro atoms. The van der Waals surface area contributed by atoms with Gasteiger partial charge >= 0.3 is 13.5 Å². The molecule has 6 heteroatoms. The second-order valence-electron chi connectivity index (χ2n) is 5.77. The fraction of sp³-hybridized carbons (Fsp3) is 0.444. The van der Waals surface area contributed by atoms with Crippen LogP contribution in [0, 0.1) is 12.3 Å². The van der Waals surface area contributed by atoms with Crippen molar-refractivity contribution in [2.75, 3.05) is 6.61 Å². The SMILES string of the molecule is C#CCCC(=O)NC1BOc2c(cccc2C(=O)OCCCC)C1. The van der Waals surface area contributed by atoms with Crippen molar-refractivity contribution in [1.82, 2.24) is 5.32 Å². The first-order valence-electron chi connectivity index (χ1n) is 8.30. The van der Waals surface area contributed by atoms with Gasteiger partial charge in [0.15, 0.2) is 0 Å². The summed E-state index contributed by atoms with van der Waals surface area (Å²) in [5.41, 5.74) is 1.34. The number of amides is 1.